The van der Waals surface area contributed by atoms with E-state index in [9.17, 15) is 4.39 Å². The van der Waals surface area contributed by atoms with E-state index in [2.05, 4.69) is 25.6 Å². The lowest BCUT2D eigenvalue weighted by Crippen LogP contribution is -1.84. The molecule has 0 bridgehead atoms. The van der Waals surface area contributed by atoms with Crippen LogP contribution in [0.2, 0.25) is 0 Å². The summed E-state index contributed by atoms with van der Waals surface area (Å²) in [5.41, 5.74) is 5.53. The minimum atomic E-state index is -0.461. The zero-order valence-corrected chi connectivity index (χ0v) is 7.43. The molecule has 1 heterocycles. The number of hydrogen-bond donors (Lipinski definition) is 1. The molecule has 0 radical (unpaired) electrons. The number of hydrogen-bond acceptors (Lipinski definition) is 3. The fourth-order valence-electron chi connectivity index (χ4n) is 1.00. The Morgan fingerprint density at radius 1 is 1.50 bits per heavy atom. The Hall–Kier alpha value is -1.10. The van der Waals surface area contributed by atoms with Crippen LogP contribution in [0.15, 0.2) is 21.1 Å². The lowest BCUT2D eigenvalue weighted by molar-refractivity contribution is 0.444. The number of nitrogen functional groups attached to an aromatic ring is 1. The van der Waals surface area contributed by atoms with Gasteiger partial charge in [0.1, 0.15) is 0 Å². The third kappa shape index (κ3) is 0.896. The highest BCUT2D eigenvalue weighted by Gasteiger charge is 2.12. The van der Waals surface area contributed by atoms with Crippen molar-refractivity contribution in [1.82, 2.24) is 5.16 Å². The normalized spacial score (nSPS) is 10.8. The minimum Gasteiger partial charge on any atom is -0.380 e. The van der Waals surface area contributed by atoms with Crippen LogP contribution in [0.4, 0.5) is 10.2 Å². The number of nitrogens with zero attached hydrogens (tertiary/aromatic N) is 1. The van der Waals surface area contributed by atoms with Crippen molar-refractivity contribution < 1.29 is 8.91 Å². The number of aromatic nitrogens is 1. The van der Waals surface area contributed by atoms with Gasteiger partial charge in [0.2, 0.25) is 5.58 Å². The van der Waals surface area contributed by atoms with Gasteiger partial charge in [0.15, 0.2) is 11.6 Å². The summed E-state index contributed by atoms with van der Waals surface area (Å²) >= 11 is 3.21. The zero-order valence-electron chi connectivity index (χ0n) is 5.84. The summed E-state index contributed by atoms with van der Waals surface area (Å²) in [6, 6.07) is 2.85. The van der Waals surface area contributed by atoms with Crippen LogP contribution < -0.4 is 5.73 Å². The highest BCUT2D eigenvalue weighted by molar-refractivity contribution is 9.10. The van der Waals surface area contributed by atoms with E-state index in [1.807, 2.05) is 0 Å². The number of rotatable bonds is 0. The zero-order chi connectivity index (χ0) is 8.72. The summed E-state index contributed by atoms with van der Waals surface area (Å²) < 4.78 is 18.3. The quantitative estimate of drug-likeness (QED) is 0.756. The highest BCUT2D eigenvalue weighted by atomic mass is 79.9. The molecule has 1 aromatic heterocycles. The molecule has 62 valence electrons. The Labute approximate surface area is 75.5 Å². The summed E-state index contributed by atoms with van der Waals surface area (Å²) in [5.74, 6) is -0.270. The summed E-state index contributed by atoms with van der Waals surface area (Å²) in [6.07, 6.45) is 0. The fraction of sp³-hybridized carbons (Fsp3) is 0. The number of fused-ring (bicyclic) bond motifs is 1. The Kier molecular flexibility index (Phi) is 1.54. The molecule has 2 aromatic rings. The van der Waals surface area contributed by atoms with Gasteiger partial charge in [-0.05, 0) is 28.1 Å². The first-order valence-corrected chi connectivity index (χ1v) is 3.98. The fourth-order valence-corrected chi connectivity index (χ4v) is 1.52. The largest absolute Gasteiger partial charge is 0.380 e. The molecule has 0 spiro atoms. The molecule has 0 unspecified atom stereocenters. The Morgan fingerprint density at radius 2 is 2.25 bits per heavy atom. The second kappa shape index (κ2) is 2.45. The molecular weight excluding hydrogens is 227 g/mol. The van der Waals surface area contributed by atoms with Crippen LogP contribution in [0, 0.1) is 5.82 Å². The van der Waals surface area contributed by atoms with Crippen molar-refractivity contribution in [1.29, 1.82) is 0 Å². The first kappa shape index (κ1) is 7.54. The average Bonchev–Trinajstić information content (AvgIpc) is 2.42. The number of halogens is 2. The molecule has 0 saturated heterocycles. The van der Waals surface area contributed by atoms with Gasteiger partial charge in [-0.1, -0.05) is 5.16 Å². The molecular formula is C7H4BrFN2O. The van der Waals surface area contributed by atoms with Crippen molar-refractivity contribution in [2.24, 2.45) is 0 Å². The van der Waals surface area contributed by atoms with Crippen LogP contribution in [0.5, 0.6) is 0 Å². The van der Waals surface area contributed by atoms with Gasteiger partial charge in [0, 0.05) is 4.47 Å². The van der Waals surface area contributed by atoms with Gasteiger partial charge in [-0.3, -0.25) is 0 Å². The van der Waals surface area contributed by atoms with Gasteiger partial charge in [0.25, 0.3) is 0 Å². The van der Waals surface area contributed by atoms with E-state index >= 15 is 0 Å². The predicted octanol–water partition coefficient (Wildman–Crippen LogP) is 2.31. The Bertz CT molecular complexity index is 440. The minimum absolute atomic E-state index is 0.0851. The molecule has 3 nitrogen and oxygen atoms in total. The van der Waals surface area contributed by atoms with E-state index in [-0.39, 0.29) is 11.4 Å². The molecule has 0 aliphatic heterocycles. The second-order valence-corrected chi connectivity index (χ2v) is 3.16. The van der Waals surface area contributed by atoms with Crippen molar-refractivity contribution in [2.75, 3.05) is 5.73 Å². The molecule has 5 heteroatoms. The summed E-state index contributed by atoms with van der Waals surface area (Å²) in [4.78, 5) is 0. The van der Waals surface area contributed by atoms with Gasteiger partial charge in [-0.25, -0.2) is 4.39 Å². The topological polar surface area (TPSA) is 52.0 Å². The van der Waals surface area contributed by atoms with Gasteiger partial charge >= 0.3 is 0 Å². The first-order chi connectivity index (χ1) is 5.70. The lowest BCUT2D eigenvalue weighted by atomic mass is 10.2. The van der Waals surface area contributed by atoms with Crippen LogP contribution in [0.1, 0.15) is 0 Å². The Morgan fingerprint density at radius 3 is 2.92 bits per heavy atom. The van der Waals surface area contributed by atoms with E-state index in [1.165, 1.54) is 6.07 Å². The molecule has 2 rings (SSSR count). The van der Waals surface area contributed by atoms with Crippen LogP contribution in [0.25, 0.3) is 11.0 Å². The van der Waals surface area contributed by atoms with Crippen LogP contribution in [0.3, 0.4) is 0 Å². The highest BCUT2D eigenvalue weighted by Crippen LogP contribution is 2.30. The molecule has 0 aliphatic carbocycles. The van der Waals surface area contributed by atoms with Crippen molar-refractivity contribution in [3.05, 3.63) is 22.4 Å². The van der Waals surface area contributed by atoms with Gasteiger partial charge in [-0.2, -0.15) is 0 Å². The van der Waals surface area contributed by atoms with E-state index in [0.717, 1.165) is 0 Å². The molecule has 0 saturated carbocycles. The van der Waals surface area contributed by atoms with E-state index in [1.54, 1.807) is 6.07 Å². The number of anilines is 1. The van der Waals surface area contributed by atoms with Crippen molar-refractivity contribution >= 4 is 32.7 Å². The maximum Gasteiger partial charge on any atom is 0.205 e. The van der Waals surface area contributed by atoms with E-state index < -0.39 is 5.82 Å². The third-order valence-electron chi connectivity index (χ3n) is 1.55. The first-order valence-electron chi connectivity index (χ1n) is 3.19. The van der Waals surface area contributed by atoms with Gasteiger partial charge in [0.05, 0.1) is 5.39 Å². The molecule has 2 N–H and O–H groups in total. The maximum atomic E-state index is 13.0. The molecule has 0 atom stereocenters. The number of nitrogens with two attached hydrogens (primary N) is 1. The lowest BCUT2D eigenvalue weighted by Gasteiger charge is -1.92. The summed E-state index contributed by atoms with van der Waals surface area (Å²) in [5, 5.41) is 3.93. The summed E-state index contributed by atoms with van der Waals surface area (Å²) in [6.45, 7) is 0. The summed E-state index contributed by atoms with van der Waals surface area (Å²) in [7, 11) is 0. The molecule has 0 fully saturated rings. The van der Waals surface area contributed by atoms with Crippen molar-refractivity contribution in [2.45, 2.75) is 0 Å². The second-order valence-electron chi connectivity index (χ2n) is 2.30. The van der Waals surface area contributed by atoms with Crippen molar-refractivity contribution in [3.8, 4) is 0 Å². The van der Waals surface area contributed by atoms with Gasteiger partial charge in [-0.15, -0.1) is 0 Å². The van der Waals surface area contributed by atoms with Gasteiger partial charge < -0.3 is 10.3 Å². The van der Waals surface area contributed by atoms with E-state index in [0.29, 0.717) is 9.86 Å². The molecule has 0 aliphatic rings. The number of benzene rings is 1. The Balaban J connectivity index is 2.98. The van der Waals surface area contributed by atoms with E-state index in [4.69, 9.17) is 5.73 Å². The molecule has 0 amide bonds. The average molecular weight is 231 g/mol. The standard InChI is InChI=1S/C7H4BrFN2O/c8-3-1-2-4(9)6-5(3)7(10)11-12-6/h1-2H,(H2,10,11). The van der Waals surface area contributed by atoms with Crippen LogP contribution in [-0.4, -0.2) is 5.16 Å². The maximum absolute atomic E-state index is 13.0. The third-order valence-corrected chi connectivity index (χ3v) is 2.21. The molecule has 12 heavy (non-hydrogen) atoms. The van der Waals surface area contributed by atoms with Crippen LogP contribution in [-0.2, 0) is 0 Å². The van der Waals surface area contributed by atoms with Crippen molar-refractivity contribution in [3.63, 3.8) is 0 Å². The smallest absolute Gasteiger partial charge is 0.205 e. The predicted molar refractivity (Wildman–Crippen MR) is 46.1 cm³/mol. The van der Waals surface area contributed by atoms with Crippen LogP contribution >= 0.6 is 15.9 Å². The molecule has 1 aromatic carbocycles. The SMILES string of the molecule is Nc1noc2c(F)ccc(Br)c12. The monoisotopic (exact) mass is 230 g/mol.